The van der Waals surface area contributed by atoms with Crippen LogP contribution in [0.25, 0.3) is 0 Å². The maximum absolute atomic E-state index is 11.7. The highest BCUT2D eigenvalue weighted by Crippen LogP contribution is 2.30. The number of carbonyl (C=O) groups is 1. The fraction of sp³-hybridized carbons (Fsp3) is 0.781. The second kappa shape index (κ2) is 17.3. The number of ether oxygens (including phenoxy) is 1. The van der Waals surface area contributed by atoms with Crippen molar-refractivity contribution in [1.82, 2.24) is 0 Å². The van der Waals surface area contributed by atoms with Gasteiger partial charge in [-0.25, -0.2) is 0 Å². The molecule has 0 rings (SSSR count). The quantitative estimate of drug-likeness (QED) is 0.103. The monoisotopic (exact) mass is 554 g/mol. The van der Waals surface area contributed by atoms with Gasteiger partial charge in [-0.1, -0.05) is 34.9 Å². The molecule has 0 radical (unpaired) electrons. The largest absolute Gasteiger partial charge is 0.460 e. The molecule has 7 heteroatoms. The first-order valence-corrected chi connectivity index (χ1v) is 14.4. The van der Waals surface area contributed by atoms with Gasteiger partial charge in [-0.15, -0.1) is 0 Å². The third kappa shape index (κ3) is 17.0. The summed E-state index contributed by atoms with van der Waals surface area (Å²) >= 11 is 0. The summed E-state index contributed by atoms with van der Waals surface area (Å²) in [6, 6.07) is 0. The second-order valence-electron chi connectivity index (χ2n) is 12.6. The van der Waals surface area contributed by atoms with Gasteiger partial charge in [-0.05, 0) is 120 Å². The Hall–Kier alpha value is -1.51. The zero-order chi connectivity index (χ0) is 30.4. The number of aliphatic hydroxyl groups is 5. The molecule has 0 aromatic heterocycles. The molecule has 5 N–H and O–H groups in total. The molecule has 0 heterocycles. The van der Waals surface area contributed by atoms with Crippen LogP contribution in [0.15, 0.2) is 34.9 Å². The van der Waals surface area contributed by atoms with Gasteiger partial charge in [0.15, 0.2) is 0 Å². The van der Waals surface area contributed by atoms with E-state index in [-0.39, 0.29) is 25.7 Å². The van der Waals surface area contributed by atoms with Gasteiger partial charge < -0.3 is 30.3 Å². The standard InChI is InChI=1S/C32H58O7/c1-23(2)13-10-14-24(3)15-11-16-25(4)17-12-18-28(35)31(8,37)22-20-29(39-26(5)33)32(9,38)21-19-27(34)30(6,7)36/h13,15,17,27-29,34-38H,10-12,14,16,18-22H2,1-9H3. The van der Waals surface area contributed by atoms with Crippen LogP contribution in [0.5, 0.6) is 0 Å². The SMILES string of the molecule is CC(=O)OC(CCC(C)(O)C(O)CCC=C(C)CCC=C(C)CCC=C(C)C)C(C)(O)CCC(O)C(C)(C)O. The maximum atomic E-state index is 11.7. The molecule has 0 bridgehead atoms. The molecule has 5 atom stereocenters. The number of hydrogen-bond acceptors (Lipinski definition) is 7. The first kappa shape index (κ1) is 37.5. The van der Waals surface area contributed by atoms with Crippen molar-refractivity contribution < 1.29 is 35.1 Å². The highest BCUT2D eigenvalue weighted by molar-refractivity contribution is 5.66. The Labute approximate surface area is 237 Å². The molecule has 0 aliphatic rings. The van der Waals surface area contributed by atoms with Gasteiger partial charge in [0.2, 0.25) is 0 Å². The van der Waals surface area contributed by atoms with Crippen LogP contribution in [-0.2, 0) is 9.53 Å². The molecule has 39 heavy (non-hydrogen) atoms. The van der Waals surface area contributed by atoms with E-state index in [1.54, 1.807) is 6.92 Å². The van der Waals surface area contributed by atoms with Crippen LogP contribution in [-0.4, -0.2) is 66.6 Å². The van der Waals surface area contributed by atoms with Crippen molar-refractivity contribution >= 4 is 5.97 Å². The van der Waals surface area contributed by atoms with Crippen molar-refractivity contribution in [1.29, 1.82) is 0 Å². The smallest absolute Gasteiger partial charge is 0.303 e. The van der Waals surface area contributed by atoms with E-state index >= 15 is 0 Å². The summed E-state index contributed by atoms with van der Waals surface area (Å²) in [6.45, 7) is 15.8. The first-order chi connectivity index (χ1) is 17.8. The van der Waals surface area contributed by atoms with Crippen molar-refractivity contribution in [2.75, 3.05) is 0 Å². The van der Waals surface area contributed by atoms with Gasteiger partial charge in [-0.3, -0.25) is 4.79 Å². The average Bonchev–Trinajstić information content (AvgIpc) is 2.78. The maximum Gasteiger partial charge on any atom is 0.303 e. The highest BCUT2D eigenvalue weighted by atomic mass is 16.6. The van der Waals surface area contributed by atoms with Gasteiger partial charge in [-0.2, -0.15) is 0 Å². The average molecular weight is 555 g/mol. The first-order valence-electron chi connectivity index (χ1n) is 14.4. The normalized spacial score (nSPS) is 18.5. The molecule has 0 aromatic carbocycles. The summed E-state index contributed by atoms with van der Waals surface area (Å²) < 4.78 is 5.36. The topological polar surface area (TPSA) is 127 Å². The summed E-state index contributed by atoms with van der Waals surface area (Å²) in [5.74, 6) is -0.568. The molecule has 228 valence electrons. The van der Waals surface area contributed by atoms with Crippen LogP contribution < -0.4 is 0 Å². The Morgan fingerprint density at radius 1 is 0.692 bits per heavy atom. The zero-order valence-corrected chi connectivity index (χ0v) is 26.1. The Morgan fingerprint density at radius 2 is 1.18 bits per heavy atom. The fourth-order valence-corrected chi connectivity index (χ4v) is 4.37. The van der Waals surface area contributed by atoms with Crippen molar-refractivity contribution in [2.45, 2.75) is 162 Å². The lowest BCUT2D eigenvalue weighted by Gasteiger charge is -2.36. The Bertz CT molecular complexity index is 811. The minimum absolute atomic E-state index is 0.0784. The molecule has 0 aliphatic heterocycles. The van der Waals surface area contributed by atoms with Gasteiger partial charge in [0, 0.05) is 6.92 Å². The van der Waals surface area contributed by atoms with Crippen molar-refractivity contribution in [3.63, 3.8) is 0 Å². The van der Waals surface area contributed by atoms with E-state index in [0.29, 0.717) is 12.8 Å². The Morgan fingerprint density at radius 3 is 1.67 bits per heavy atom. The lowest BCUT2D eigenvalue weighted by atomic mass is 9.83. The second-order valence-corrected chi connectivity index (χ2v) is 12.6. The van der Waals surface area contributed by atoms with E-state index in [0.717, 1.165) is 25.7 Å². The summed E-state index contributed by atoms with van der Waals surface area (Å²) in [5, 5.41) is 52.8. The molecular weight excluding hydrogens is 496 g/mol. The number of allylic oxidation sites excluding steroid dienone is 6. The molecule has 0 aliphatic carbocycles. The lowest BCUT2D eigenvalue weighted by Crippen LogP contribution is -2.47. The van der Waals surface area contributed by atoms with Crippen molar-refractivity contribution in [2.24, 2.45) is 0 Å². The van der Waals surface area contributed by atoms with Crippen LogP contribution in [0.3, 0.4) is 0 Å². The van der Waals surface area contributed by atoms with Gasteiger partial charge >= 0.3 is 5.97 Å². The highest BCUT2D eigenvalue weighted by Gasteiger charge is 2.39. The summed E-state index contributed by atoms with van der Waals surface area (Å²) in [6.07, 6.45) is 9.17. The molecule has 0 spiro atoms. The van der Waals surface area contributed by atoms with Crippen molar-refractivity contribution in [3.8, 4) is 0 Å². The van der Waals surface area contributed by atoms with Gasteiger partial charge in [0.05, 0.1) is 29.0 Å². The fourth-order valence-electron chi connectivity index (χ4n) is 4.37. The van der Waals surface area contributed by atoms with Gasteiger partial charge in [0.1, 0.15) is 6.10 Å². The van der Waals surface area contributed by atoms with E-state index in [1.165, 1.54) is 44.4 Å². The third-order valence-corrected chi connectivity index (χ3v) is 7.43. The number of hydrogen-bond donors (Lipinski definition) is 5. The van der Waals surface area contributed by atoms with E-state index in [1.807, 2.05) is 0 Å². The molecule has 5 unspecified atom stereocenters. The van der Waals surface area contributed by atoms with Crippen LogP contribution in [0.1, 0.15) is 127 Å². The van der Waals surface area contributed by atoms with Crippen molar-refractivity contribution in [3.05, 3.63) is 34.9 Å². The molecule has 0 saturated carbocycles. The van der Waals surface area contributed by atoms with Crippen LogP contribution in [0, 0.1) is 0 Å². The number of rotatable bonds is 19. The molecule has 0 saturated heterocycles. The molecule has 0 fully saturated rings. The molecule has 0 amide bonds. The van der Waals surface area contributed by atoms with E-state index in [4.69, 9.17) is 4.74 Å². The minimum atomic E-state index is -1.49. The summed E-state index contributed by atoms with van der Waals surface area (Å²) in [7, 11) is 0. The van der Waals surface area contributed by atoms with E-state index < -0.39 is 41.1 Å². The number of aliphatic hydroxyl groups excluding tert-OH is 2. The third-order valence-electron chi connectivity index (χ3n) is 7.43. The number of carbonyl (C=O) groups excluding carboxylic acids is 1. The van der Waals surface area contributed by atoms with Crippen LogP contribution in [0.2, 0.25) is 0 Å². The predicted molar refractivity (Wildman–Crippen MR) is 158 cm³/mol. The Kier molecular flexibility index (Phi) is 16.7. The minimum Gasteiger partial charge on any atom is -0.460 e. The van der Waals surface area contributed by atoms with Crippen LogP contribution >= 0.6 is 0 Å². The predicted octanol–water partition coefficient (Wildman–Crippen LogP) is 5.67. The zero-order valence-electron chi connectivity index (χ0n) is 26.1. The molecule has 7 nitrogen and oxygen atoms in total. The van der Waals surface area contributed by atoms with E-state index in [9.17, 15) is 30.3 Å². The summed E-state index contributed by atoms with van der Waals surface area (Å²) in [5.41, 5.74) is -0.265. The van der Waals surface area contributed by atoms with E-state index in [2.05, 4.69) is 45.9 Å². The summed E-state index contributed by atoms with van der Waals surface area (Å²) in [4.78, 5) is 11.7. The van der Waals surface area contributed by atoms with Crippen LogP contribution in [0.4, 0.5) is 0 Å². The lowest BCUT2D eigenvalue weighted by molar-refractivity contribution is -0.167. The molecular formula is C32H58O7. The Balaban J connectivity index is 4.87. The molecule has 0 aromatic rings. The van der Waals surface area contributed by atoms with Gasteiger partial charge in [0.25, 0.3) is 0 Å². The number of esters is 1.